The summed E-state index contributed by atoms with van der Waals surface area (Å²) in [5, 5.41) is 3.14. The van der Waals surface area contributed by atoms with Crippen molar-refractivity contribution in [1.82, 2.24) is 25.3 Å². The summed E-state index contributed by atoms with van der Waals surface area (Å²) in [7, 11) is 0.980. The number of morpholine rings is 1. The number of H-pyrrole nitrogens is 1. The van der Waals surface area contributed by atoms with Crippen molar-refractivity contribution < 1.29 is 8.95 Å². The van der Waals surface area contributed by atoms with Crippen LogP contribution in [0.15, 0.2) is 24.3 Å². The summed E-state index contributed by atoms with van der Waals surface area (Å²) in [4.78, 5) is 19.9. The molecule has 0 aliphatic carbocycles. The van der Waals surface area contributed by atoms with Crippen molar-refractivity contribution >= 4 is 27.7 Å². The van der Waals surface area contributed by atoms with E-state index in [-0.39, 0.29) is 0 Å². The molecule has 0 bridgehead atoms. The van der Waals surface area contributed by atoms with Crippen LogP contribution in [0.25, 0.3) is 22.6 Å². The smallest absolute Gasteiger partial charge is 0.180 e. The van der Waals surface area contributed by atoms with E-state index in [0.29, 0.717) is 30.5 Å². The number of hydrogen-bond donors (Lipinski definition) is 2. The van der Waals surface area contributed by atoms with Crippen molar-refractivity contribution in [3.63, 3.8) is 0 Å². The molecule has 0 amide bonds. The number of nitrogens with zero attached hydrogens (tertiary/aromatic N) is 4. The number of pyridine rings is 1. The van der Waals surface area contributed by atoms with Crippen molar-refractivity contribution in [3.05, 3.63) is 35.7 Å². The van der Waals surface area contributed by atoms with Gasteiger partial charge in [0.25, 0.3) is 0 Å². The maximum absolute atomic E-state index is 12.4. The molecule has 0 radical (unpaired) electrons. The van der Waals surface area contributed by atoms with Gasteiger partial charge in [-0.2, -0.15) is 0 Å². The molecule has 9 heteroatoms. The average molecular weight is 429 g/mol. The summed E-state index contributed by atoms with van der Waals surface area (Å²) in [6.45, 7) is 5.72. The van der Waals surface area contributed by atoms with Crippen LogP contribution in [-0.4, -0.2) is 63.2 Å². The van der Waals surface area contributed by atoms with Crippen LogP contribution in [-0.2, 0) is 27.8 Å². The zero-order valence-electron chi connectivity index (χ0n) is 17.5. The molecule has 3 aromatic rings. The largest absolute Gasteiger partial charge is 0.378 e. The summed E-state index contributed by atoms with van der Waals surface area (Å²) >= 11 is 0. The van der Waals surface area contributed by atoms with E-state index in [4.69, 9.17) is 19.7 Å². The Morgan fingerprint density at radius 3 is 2.80 bits per heavy atom. The Bertz CT molecular complexity index is 1030. The Morgan fingerprint density at radius 2 is 2.03 bits per heavy atom. The normalized spacial score (nSPS) is 15.6. The van der Waals surface area contributed by atoms with Gasteiger partial charge in [0, 0.05) is 47.9 Å². The maximum atomic E-state index is 12.4. The maximum Gasteiger partial charge on any atom is 0.180 e. The fraction of sp³-hybridized carbons (Fsp3) is 0.476. The van der Waals surface area contributed by atoms with Crippen LogP contribution >= 0.6 is 0 Å². The number of ether oxygens (including phenoxy) is 1. The van der Waals surface area contributed by atoms with Gasteiger partial charge in [-0.25, -0.2) is 15.0 Å². The van der Waals surface area contributed by atoms with Gasteiger partial charge in [-0.15, -0.1) is 0 Å². The van der Waals surface area contributed by atoms with Gasteiger partial charge in [-0.3, -0.25) is 4.21 Å². The number of aromatic nitrogens is 4. The minimum atomic E-state index is -0.936. The number of aromatic amines is 1. The van der Waals surface area contributed by atoms with Gasteiger partial charge in [0.15, 0.2) is 5.82 Å². The molecule has 0 saturated carbocycles. The van der Waals surface area contributed by atoms with E-state index in [2.05, 4.69) is 15.2 Å². The van der Waals surface area contributed by atoms with E-state index in [1.165, 1.54) is 0 Å². The number of hydrogen-bond acceptors (Lipinski definition) is 7. The molecule has 1 unspecified atom stereocenters. The van der Waals surface area contributed by atoms with Gasteiger partial charge in [-0.1, -0.05) is 6.92 Å². The van der Waals surface area contributed by atoms with Crippen molar-refractivity contribution in [2.24, 2.45) is 0 Å². The second kappa shape index (κ2) is 9.63. The Hall–Kier alpha value is -2.36. The van der Waals surface area contributed by atoms with Crippen LogP contribution in [0.2, 0.25) is 0 Å². The molecule has 160 valence electrons. The molecule has 1 saturated heterocycles. The third-order valence-electron chi connectivity index (χ3n) is 4.97. The van der Waals surface area contributed by atoms with Gasteiger partial charge in [0.1, 0.15) is 11.5 Å². The lowest BCUT2D eigenvalue weighted by molar-refractivity contribution is 0.122. The molecule has 2 N–H and O–H groups in total. The van der Waals surface area contributed by atoms with Crippen molar-refractivity contribution in [1.29, 1.82) is 0 Å². The highest BCUT2D eigenvalue weighted by atomic mass is 32.2. The van der Waals surface area contributed by atoms with Gasteiger partial charge in [-0.05, 0) is 31.7 Å². The van der Waals surface area contributed by atoms with Crippen LogP contribution in [0.1, 0.15) is 24.7 Å². The first-order valence-electron chi connectivity index (χ1n) is 10.4. The van der Waals surface area contributed by atoms with Gasteiger partial charge in [0.2, 0.25) is 0 Å². The third-order valence-corrected chi connectivity index (χ3v) is 6.45. The number of fused-ring (bicyclic) bond motifs is 1. The molecule has 0 aromatic carbocycles. The fourth-order valence-electron chi connectivity index (χ4n) is 3.57. The van der Waals surface area contributed by atoms with Gasteiger partial charge in [0.05, 0.1) is 35.7 Å². The molecule has 1 aliphatic heterocycles. The molecule has 0 spiro atoms. The third kappa shape index (κ3) is 4.85. The van der Waals surface area contributed by atoms with E-state index in [1.54, 1.807) is 0 Å². The van der Waals surface area contributed by atoms with E-state index >= 15 is 0 Å². The molecule has 30 heavy (non-hydrogen) atoms. The number of nitrogens with one attached hydrogen (secondary N) is 2. The highest BCUT2D eigenvalue weighted by molar-refractivity contribution is 7.84. The van der Waals surface area contributed by atoms with E-state index in [9.17, 15) is 4.21 Å². The first kappa shape index (κ1) is 20.9. The van der Waals surface area contributed by atoms with Crippen LogP contribution < -0.4 is 10.2 Å². The van der Waals surface area contributed by atoms with E-state index in [0.717, 1.165) is 60.0 Å². The topological polar surface area (TPSA) is 96.0 Å². The second-order valence-corrected chi connectivity index (χ2v) is 8.96. The van der Waals surface area contributed by atoms with E-state index in [1.807, 2.05) is 38.2 Å². The fourth-order valence-corrected chi connectivity index (χ4v) is 4.64. The predicted molar refractivity (Wildman–Crippen MR) is 120 cm³/mol. The lowest BCUT2D eigenvalue weighted by Gasteiger charge is -2.28. The molecular weight excluding hydrogens is 400 g/mol. The van der Waals surface area contributed by atoms with Crippen LogP contribution in [0.3, 0.4) is 0 Å². The SMILES string of the molecule is CCCS(=O)Cc1cc(N2CCOCC2)nc(-c2ccc3[nH]c(CNC)cc3n2)n1. The molecule has 1 fully saturated rings. The highest BCUT2D eigenvalue weighted by Crippen LogP contribution is 2.23. The minimum Gasteiger partial charge on any atom is -0.378 e. The predicted octanol–water partition coefficient (Wildman–Crippen LogP) is 2.23. The van der Waals surface area contributed by atoms with E-state index < -0.39 is 10.8 Å². The second-order valence-electron chi connectivity index (χ2n) is 7.38. The zero-order chi connectivity index (χ0) is 20.9. The molecule has 1 aliphatic rings. The van der Waals surface area contributed by atoms with Crippen molar-refractivity contribution in [2.45, 2.75) is 25.6 Å². The zero-order valence-corrected chi connectivity index (χ0v) is 18.3. The van der Waals surface area contributed by atoms with Gasteiger partial charge >= 0.3 is 0 Å². The molecular formula is C21H28N6O2S. The highest BCUT2D eigenvalue weighted by Gasteiger charge is 2.17. The molecule has 4 heterocycles. The van der Waals surface area contributed by atoms with Crippen molar-refractivity contribution in [3.8, 4) is 11.5 Å². The lowest BCUT2D eigenvalue weighted by atomic mass is 10.2. The summed E-state index contributed by atoms with van der Waals surface area (Å²) in [6.07, 6.45) is 0.890. The quantitative estimate of drug-likeness (QED) is 0.568. The summed E-state index contributed by atoms with van der Waals surface area (Å²) < 4.78 is 17.9. The van der Waals surface area contributed by atoms with Crippen LogP contribution in [0.4, 0.5) is 5.82 Å². The van der Waals surface area contributed by atoms with Crippen LogP contribution in [0, 0.1) is 0 Å². The average Bonchev–Trinajstić information content (AvgIpc) is 3.16. The Balaban J connectivity index is 1.71. The Labute approximate surface area is 178 Å². The number of anilines is 1. The molecule has 8 nitrogen and oxygen atoms in total. The van der Waals surface area contributed by atoms with Crippen LogP contribution in [0.5, 0.6) is 0 Å². The summed E-state index contributed by atoms with van der Waals surface area (Å²) in [5.41, 5.74) is 4.46. The molecule has 1 atom stereocenters. The van der Waals surface area contributed by atoms with Gasteiger partial charge < -0.3 is 19.9 Å². The Morgan fingerprint density at radius 1 is 1.20 bits per heavy atom. The minimum absolute atomic E-state index is 0.430. The van der Waals surface area contributed by atoms with Crippen molar-refractivity contribution in [2.75, 3.05) is 44.0 Å². The number of rotatable bonds is 8. The lowest BCUT2D eigenvalue weighted by Crippen LogP contribution is -2.37. The first-order valence-corrected chi connectivity index (χ1v) is 11.8. The summed E-state index contributed by atoms with van der Waals surface area (Å²) in [5.74, 6) is 2.52. The Kier molecular flexibility index (Phi) is 6.71. The molecule has 4 rings (SSSR count). The monoisotopic (exact) mass is 428 g/mol. The summed E-state index contributed by atoms with van der Waals surface area (Å²) in [6, 6.07) is 7.95. The standard InChI is InChI=1S/C21H28N6O2S/c1-3-10-30(28)14-16-12-20(27-6-8-29-9-7-27)26-21(24-16)18-5-4-17-19(25-18)11-15(23-17)13-22-2/h4-5,11-12,22-23H,3,6-10,13-14H2,1-2H3. The first-order chi connectivity index (χ1) is 14.7. The molecule has 3 aromatic heterocycles.